The number of benzene rings is 2. The van der Waals surface area contributed by atoms with E-state index in [9.17, 15) is 22.0 Å². The maximum absolute atomic E-state index is 13.9. The number of halogens is 5. The van der Waals surface area contributed by atoms with E-state index in [4.69, 9.17) is 0 Å². The molecule has 0 atom stereocenters. The minimum absolute atomic E-state index is 0.00383. The van der Waals surface area contributed by atoms with Crippen molar-refractivity contribution >= 4 is 0 Å². The van der Waals surface area contributed by atoms with Gasteiger partial charge in [-0.15, -0.1) is 0 Å². The summed E-state index contributed by atoms with van der Waals surface area (Å²) >= 11 is 0. The molecule has 0 saturated carbocycles. The summed E-state index contributed by atoms with van der Waals surface area (Å²) in [4.78, 5) is 4.03. The van der Waals surface area contributed by atoms with Crippen molar-refractivity contribution in [1.29, 1.82) is 0 Å². The fourth-order valence-corrected chi connectivity index (χ4v) is 2.29. The van der Waals surface area contributed by atoms with Crippen LogP contribution in [0.4, 0.5) is 22.0 Å². The van der Waals surface area contributed by atoms with Gasteiger partial charge in [0.25, 0.3) is 0 Å². The van der Waals surface area contributed by atoms with Crippen LogP contribution in [0.3, 0.4) is 0 Å². The van der Waals surface area contributed by atoms with Gasteiger partial charge in [0.15, 0.2) is 29.1 Å². The number of hydrogen-bond donors (Lipinski definition) is 0. The third-order valence-electron chi connectivity index (χ3n) is 3.42. The van der Waals surface area contributed by atoms with E-state index >= 15 is 0 Å². The molecule has 3 nitrogen and oxygen atoms in total. The largest absolute Gasteiger partial charge is 0.216 e. The average molecular weight is 339 g/mol. The van der Waals surface area contributed by atoms with Crippen LogP contribution in [-0.2, 0) is 6.42 Å². The molecule has 124 valence electrons. The van der Waals surface area contributed by atoms with E-state index in [0.717, 1.165) is 5.56 Å². The van der Waals surface area contributed by atoms with E-state index in [1.54, 1.807) is 24.3 Å². The molecule has 8 heteroatoms. The van der Waals surface area contributed by atoms with Gasteiger partial charge in [0.05, 0.1) is 0 Å². The highest BCUT2D eigenvalue weighted by Gasteiger charge is 2.28. The topological polar surface area (TPSA) is 30.7 Å². The molecule has 3 rings (SSSR count). The molecule has 0 aliphatic rings. The molecule has 24 heavy (non-hydrogen) atoms. The van der Waals surface area contributed by atoms with Gasteiger partial charge in [0.2, 0.25) is 5.82 Å². The normalized spacial score (nSPS) is 11.1. The van der Waals surface area contributed by atoms with E-state index < -0.39 is 34.8 Å². The average Bonchev–Trinajstić information content (AvgIpc) is 2.92. The summed E-state index contributed by atoms with van der Waals surface area (Å²) in [5, 5.41) is 3.88. The van der Waals surface area contributed by atoms with Crippen LogP contribution in [0.1, 0.15) is 17.2 Å². The summed E-state index contributed by atoms with van der Waals surface area (Å²) < 4.78 is 68.2. The van der Waals surface area contributed by atoms with Crippen LogP contribution in [0.5, 0.6) is 0 Å². The lowest BCUT2D eigenvalue weighted by Crippen LogP contribution is -2.12. The molecule has 1 heterocycles. The van der Waals surface area contributed by atoms with Gasteiger partial charge in [0.1, 0.15) is 11.5 Å². The van der Waals surface area contributed by atoms with Crippen LogP contribution in [0.2, 0.25) is 0 Å². The van der Waals surface area contributed by atoms with E-state index in [2.05, 4.69) is 10.1 Å². The smallest absolute Gasteiger partial charge is 0.200 e. The lowest BCUT2D eigenvalue weighted by molar-refractivity contribution is 0.373. The standard InChI is InChI=1S/C16H10F5N3/c1-8-22-10(7-9-5-3-2-4-6-9)23-24(8)16-14(20)12(18)11(17)13(19)15(16)21/h2-6H,7H2,1H3. The first kappa shape index (κ1) is 16.1. The number of aryl methyl sites for hydroxylation is 1. The molecule has 0 N–H and O–H groups in total. The second-order valence-corrected chi connectivity index (χ2v) is 5.07. The highest BCUT2D eigenvalue weighted by atomic mass is 19.2. The van der Waals surface area contributed by atoms with Crippen molar-refractivity contribution in [1.82, 2.24) is 14.8 Å². The van der Waals surface area contributed by atoms with Gasteiger partial charge in [-0.05, 0) is 12.5 Å². The predicted molar refractivity (Wildman–Crippen MR) is 75.1 cm³/mol. The Morgan fingerprint density at radius 1 is 0.833 bits per heavy atom. The molecule has 2 aromatic carbocycles. The summed E-state index contributed by atoms with van der Waals surface area (Å²) in [7, 11) is 0. The molecule has 0 fully saturated rings. The molecular weight excluding hydrogens is 329 g/mol. The van der Waals surface area contributed by atoms with Crippen molar-refractivity contribution in [3.8, 4) is 5.69 Å². The number of aromatic nitrogens is 3. The van der Waals surface area contributed by atoms with Crippen molar-refractivity contribution in [3.05, 3.63) is 76.6 Å². The number of hydrogen-bond acceptors (Lipinski definition) is 2. The number of nitrogens with zero attached hydrogens (tertiary/aromatic N) is 3. The Kier molecular flexibility index (Phi) is 4.04. The Morgan fingerprint density at radius 3 is 1.96 bits per heavy atom. The van der Waals surface area contributed by atoms with Gasteiger partial charge in [-0.1, -0.05) is 30.3 Å². The minimum atomic E-state index is -2.21. The fourth-order valence-electron chi connectivity index (χ4n) is 2.29. The van der Waals surface area contributed by atoms with Crippen LogP contribution in [0, 0.1) is 36.0 Å². The van der Waals surface area contributed by atoms with Gasteiger partial charge >= 0.3 is 0 Å². The van der Waals surface area contributed by atoms with E-state index in [0.29, 0.717) is 4.68 Å². The fraction of sp³-hybridized carbons (Fsp3) is 0.125. The van der Waals surface area contributed by atoms with Crippen LogP contribution in [0.25, 0.3) is 5.69 Å². The van der Waals surface area contributed by atoms with Crippen molar-refractivity contribution in [2.45, 2.75) is 13.3 Å². The second kappa shape index (κ2) is 6.03. The number of rotatable bonds is 3. The van der Waals surface area contributed by atoms with E-state index in [1.165, 1.54) is 6.92 Å². The molecule has 0 radical (unpaired) electrons. The minimum Gasteiger partial charge on any atom is -0.216 e. The summed E-state index contributed by atoms with van der Waals surface area (Å²) in [6, 6.07) is 9.00. The summed E-state index contributed by atoms with van der Waals surface area (Å²) in [6.45, 7) is 1.36. The van der Waals surface area contributed by atoms with Gasteiger partial charge in [-0.2, -0.15) is 5.10 Å². The maximum atomic E-state index is 13.9. The third-order valence-corrected chi connectivity index (χ3v) is 3.42. The Hall–Kier alpha value is -2.77. The SMILES string of the molecule is Cc1nc(Cc2ccccc2)nn1-c1c(F)c(F)c(F)c(F)c1F. The van der Waals surface area contributed by atoms with Crippen LogP contribution >= 0.6 is 0 Å². The molecule has 0 amide bonds. The molecular formula is C16H10F5N3. The maximum Gasteiger partial charge on any atom is 0.200 e. The first-order valence-corrected chi connectivity index (χ1v) is 6.88. The van der Waals surface area contributed by atoms with Crippen molar-refractivity contribution < 1.29 is 22.0 Å². The Labute approximate surface area is 133 Å². The Bertz CT molecular complexity index is 877. The lowest BCUT2D eigenvalue weighted by Gasteiger charge is -2.08. The van der Waals surface area contributed by atoms with Gasteiger partial charge in [-0.3, -0.25) is 0 Å². The second-order valence-electron chi connectivity index (χ2n) is 5.07. The molecule has 0 spiro atoms. The lowest BCUT2D eigenvalue weighted by atomic mass is 10.1. The van der Waals surface area contributed by atoms with Crippen molar-refractivity contribution in [2.24, 2.45) is 0 Å². The zero-order valence-electron chi connectivity index (χ0n) is 12.3. The summed E-state index contributed by atoms with van der Waals surface area (Å²) in [5.41, 5.74) is -0.303. The van der Waals surface area contributed by atoms with Crippen molar-refractivity contribution in [2.75, 3.05) is 0 Å². The highest BCUT2D eigenvalue weighted by Crippen LogP contribution is 2.26. The molecule has 0 aliphatic heterocycles. The van der Waals surface area contributed by atoms with E-state index in [-0.39, 0.29) is 18.1 Å². The monoisotopic (exact) mass is 339 g/mol. The third kappa shape index (κ3) is 2.64. The molecule has 0 saturated heterocycles. The molecule has 1 aromatic heterocycles. The quantitative estimate of drug-likeness (QED) is 0.412. The molecule has 3 aromatic rings. The predicted octanol–water partition coefficient (Wildman–Crippen LogP) is 3.86. The van der Waals surface area contributed by atoms with E-state index in [1.807, 2.05) is 6.07 Å². The van der Waals surface area contributed by atoms with Gasteiger partial charge < -0.3 is 0 Å². The van der Waals surface area contributed by atoms with Crippen molar-refractivity contribution in [3.63, 3.8) is 0 Å². The summed E-state index contributed by atoms with van der Waals surface area (Å²) in [6.07, 6.45) is 0.254. The zero-order chi connectivity index (χ0) is 17.4. The Morgan fingerprint density at radius 2 is 1.38 bits per heavy atom. The zero-order valence-corrected chi connectivity index (χ0v) is 12.3. The highest BCUT2D eigenvalue weighted by molar-refractivity contribution is 5.37. The first-order chi connectivity index (χ1) is 11.4. The summed E-state index contributed by atoms with van der Waals surface area (Å²) in [5.74, 6) is -9.97. The van der Waals surface area contributed by atoms with Crippen LogP contribution in [-0.4, -0.2) is 14.8 Å². The van der Waals surface area contributed by atoms with Crippen LogP contribution in [0.15, 0.2) is 30.3 Å². The first-order valence-electron chi connectivity index (χ1n) is 6.88. The van der Waals surface area contributed by atoms with Gasteiger partial charge in [0, 0.05) is 6.42 Å². The molecule has 0 unspecified atom stereocenters. The molecule has 0 bridgehead atoms. The van der Waals surface area contributed by atoms with Gasteiger partial charge in [-0.25, -0.2) is 31.6 Å². The van der Waals surface area contributed by atoms with Crippen LogP contribution < -0.4 is 0 Å². The molecule has 0 aliphatic carbocycles. The Balaban J connectivity index is 2.09.